The first-order valence-corrected chi connectivity index (χ1v) is 11.4. The smallest absolute Gasteiger partial charge is 0.128 e. The van der Waals surface area contributed by atoms with Crippen LogP contribution >= 0.6 is 0 Å². The number of methoxy groups -OCH3 is 2. The number of rotatable bonds is 6. The first kappa shape index (κ1) is 22.7. The fourth-order valence-electron chi connectivity index (χ4n) is 6.49. The lowest BCUT2D eigenvalue weighted by Gasteiger charge is -2.46. The van der Waals surface area contributed by atoms with Crippen LogP contribution in [0.4, 0.5) is 0 Å². The summed E-state index contributed by atoms with van der Waals surface area (Å²) in [6.07, 6.45) is 4.93. The van der Waals surface area contributed by atoms with Gasteiger partial charge >= 0.3 is 0 Å². The molecule has 3 aromatic rings. The average molecular weight is 450 g/mol. The molecule has 0 saturated carbocycles. The second-order valence-corrected chi connectivity index (χ2v) is 8.96. The molecule has 3 aromatic carbocycles. The molecular weight excluding hydrogens is 418 g/mol. The molecule has 0 aromatic heterocycles. The van der Waals surface area contributed by atoms with E-state index in [2.05, 4.69) is 78.9 Å². The minimum absolute atomic E-state index is 0. The highest BCUT2D eigenvalue weighted by molar-refractivity contribution is 5.38. The number of hydrogen-bond acceptors (Lipinski definition) is 2. The summed E-state index contributed by atoms with van der Waals surface area (Å²) in [5.41, 5.74) is 4.12. The second-order valence-electron chi connectivity index (χ2n) is 8.96. The van der Waals surface area contributed by atoms with Crippen LogP contribution in [-0.4, -0.2) is 24.7 Å². The molecule has 3 nitrogen and oxygen atoms in total. The third kappa shape index (κ3) is 3.68. The zero-order chi connectivity index (χ0) is 21.3. The topological polar surface area (TPSA) is 18.5 Å². The van der Waals surface area contributed by atoms with E-state index in [-0.39, 0.29) is 12.4 Å². The number of fused-ring (bicyclic) bond motifs is 1. The Hall–Kier alpha value is -2.49. The van der Waals surface area contributed by atoms with Crippen molar-refractivity contribution in [1.29, 1.82) is 0 Å². The highest BCUT2D eigenvalue weighted by atomic mass is 35.5. The Labute approximate surface area is 198 Å². The quantitative estimate of drug-likeness (QED) is 0.536. The summed E-state index contributed by atoms with van der Waals surface area (Å²) in [6.45, 7) is 1.04. The van der Waals surface area contributed by atoms with Gasteiger partial charge in [0.1, 0.15) is 30.1 Å². The van der Waals surface area contributed by atoms with Crippen LogP contribution in [0.1, 0.15) is 54.5 Å². The largest absolute Gasteiger partial charge is 1.00 e. The summed E-state index contributed by atoms with van der Waals surface area (Å²) in [4.78, 5) is 0. The predicted octanol–water partition coefficient (Wildman–Crippen LogP) is 3.46. The van der Waals surface area contributed by atoms with E-state index in [9.17, 15) is 0 Å². The van der Waals surface area contributed by atoms with E-state index in [0.29, 0.717) is 18.1 Å². The number of halogens is 1. The van der Waals surface area contributed by atoms with E-state index in [0.717, 1.165) is 22.5 Å². The summed E-state index contributed by atoms with van der Waals surface area (Å²) < 4.78 is 12.8. The fourth-order valence-corrected chi connectivity index (χ4v) is 6.49. The summed E-state index contributed by atoms with van der Waals surface area (Å²) in [7, 11) is 3.60. The predicted molar refractivity (Wildman–Crippen MR) is 124 cm³/mol. The van der Waals surface area contributed by atoms with Crippen LogP contribution in [0.5, 0.6) is 11.5 Å². The molecule has 0 radical (unpaired) electrons. The van der Waals surface area contributed by atoms with Crippen molar-refractivity contribution in [3.05, 3.63) is 95.6 Å². The van der Waals surface area contributed by atoms with Crippen molar-refractivity contribution >= 4 is 0 Å². The number of nitrogens with zero attached hydrogens (tertiary/aromatic N) is 1. The maximum Gasteiger partial charge on any atom is 0.128 e. The average Bonchev–Trinajstić information content (AvgIpc) is 3.35. The monoisotopic (exact) mass is 449 g/mol. The van der Waals surface area contributed by atoms with Crippen LogP contribution in [0.2, 0.25) is 0 Å². The summed E-state index contributed by atoms with van der Waals surface area (Å²) in [5.74, 6) is 2.04. The molecule has 0 aliphatic carbocycles. The van der Waals surface area contributed by atoms with Crippen LogP contribution in [0.25, 0.3) is 0 Å². The zero-order valence-corrected chi connectivity index (χ0v) is 19.7. The molecule has 0 spiro atoms. The van der Waals surface area contributed by atoms with Gasteiger partial charge in [-0.3, -0.25) is 0 Å². The maximum absolute atomic E-state index is 5.85. The van der Waals surface area contributed by atoms with Crippen molar-refractivity contribution in [2.24, 2.45) is 0 Å². The molecule has 5 rings (SSSR count). The van der Waals surface area contributed by atoms with Crippen molar-refractivity contribution in [3.63, 3.8) is 0 Å². The Kier molecular flexibility index (Phi) is 6.78. The number of hydrogen-bond donors (Lipinski definition) is 0. The van der Waals surface area contributed by atoms with Crippen molar-refractivity contribution < 1.29 is 26.4 Å². The van der Waals surface area contributed by atoms with Crippen molar-refractivity contribution in [2.75, 3.05) is 14.2 Å². The summed E-state index contributed by atoms with van der Waals surface area (Å²) in [5, 5.41) is 0. The van der Waals surface area contributed by atoms with Gasteiger partial charge in [-0.2, -0.15) is 0 Å². The Bertz CT molecular complexity index is 979. The van der Waals surface area contributed by atoms with Gasteiger partial charge in [0.15, 0.2) is 0 Å². The highest BCUT2D eigenvalue weighted by Crippen LogP contribution is 2.60. The first-order chi connectivity index (χ1) is 15.3. The lowest BCUT2D eigenvalue weighted by molar-refractivity contribution is -0.994. The molecule has 2 aliphatic rings. The second kappa shape index (κ2) is 9.56. The minimum atomic E-state index is 0. The summed E-state index contributed by atoms with van der Waals surface area (Å²) in [6, 6.07) is 29.8. The van der Waals surface area contributed by atoms with Crippen LogP contribution in [-0.2, 0) is 6.54 Å². The Morgan fingerprint density at radius 1 is 0.656 bits per heavy atom. The van der Waals surface area contributed by atoms with Crippen LogP contribution in [0.15, 0.2) is 78.9 Å². The zero-order valence-electron chi connectivity index (χ0n) is 18.9. The maximum atomic E-state index is 5.85. The Balaban J connectivity index is 0.00000245. The van der Waals surface area contributed by atoms with Gasteiger partial charge in [0.25, 0.3) is 0 Å². The minimum Gasteiger partial charge on any atom is -1.00 e. The molecule has 2 aliphatic heterocycles. The number of quaternary nitrogens is 1. The van der Waals surface area contributed by atoms with E-state index in [1.807, 2.05) is 0 Å². The molecule has 2 saturated heterocycles. The molecule has 4 heteroatoms. The van der Waals surface area contributed by atoms with E-state index in [1.54, 1.807) is 14.2 Å². The standard InChI is InChI=1S/C28H32NO2.ClH/c1-30-27-14-8-6-12-23(27)25-18-16-22-17-19-26(24-13-7-9-15-28(24)31-2)29(22,25)20-21-10-4-3-5-11-21;/h3-15,22,25-26H,16-20H2,1-2H3;1H/q+1;/p-1/t22?,25-,26-,29?;/m0./s1. The van der Waals surface area contributed by atoms with Gasteiger partial charge in [-0.15, -0.1) is 0 Å². The fraction of sp³-hybridized carbons (Fsp3) is 0.357. The van der Waals surface area contributed by atoms with Crippen LogP contribution in [0, 0.1) is 0 Å². The van der Waals surface area contributed by atoms with Crippen molar-refractivity contribution in [3.8, 4) is 11.5 Å². The Morgan fingerprint density at radius 2 is 1.12 bits per heavy atom. The van der Waals surface area contributed by atoms with E-state index in [4.69, 9.17) is 9.47 Å². The van der Waals surface area contributed by atoms with Crippen LogP contribution in [0.3, 0.4) is 0 Å². The van der Waals surface area contributed by atoms with Gasteiger partial charge in [0.2, 0.25) is 0 Å². The molecule has 0 amide bonds. The van der Waals surface area contributed by atoms with E-state index < -0.39 is 0 Å². The third-order valence-corrected chi connectivity index (χ3v) is 7.68. The van der Waals surface area contributed by atoms with Gasteiger partial charge < -0.3 is 26.4 Å². The Morgan fingerprint density at radius 3 is 1.62 bits per heavy atom. The summed E-state index contributed by atoms with van der Waals surface area (Å²) >= 11 is 0. The first-order valence-electron chi connectivity index (χ1n) is 11.4. The van der Waals surface area contributed by atoms with Crippen molar-refractivity contribution in [2.45, 2.75) is 50.4 Å². The molecule has 32 heavy (non-hydrogen) atoms. The molecule has 0 N–H and O–H groups in total. The molecule has 168 valence electrons. The van der Waals surface area contributed by atoms with Gasteiger partial charge in [0.05, 0.1) is 31.4 Å². The molecule has 2 atom stereocenters. The molecule has 0 bridgehead atoms. The molecule has 0 unspecified atom stereocenters. The van der Waals surface area contributed by atoms with Gasteiger partial charge in [-0.1, -0.05) is 54.6 Å². The van der Waals surface area contributed by atoms with E-state index >= 15 is 0 Å². The molecular formula is C28H32ClNO2. The molecule has 2 heterocycles. The number of ether oxygens (including phenoxy) is 2. The number of para-hydroxylation sites is 2. The van der Waals surface area contributed by atoms with E-state index in [1.165, 1.54) is 42.4 Å². The lowest BCUT2D eigenvalue weighted by Crippen LogP contribution is -3.00. The number of benzene rings is 3. The third-order valence-electron chi connectivity index (χ3n) is 7.68. The van der Waals surface area contributed by atoms with Gasteiger partial charge in [-0.25, -0.2) is 0 Å². The molecule has 2 fully saturated rings. The lowest BCUT2D eigenvalue weighted by atomic mass is 9.94. The van der Waals surface area contributed by atoms with Gasteiger partial charge in [0, 0.05) is 31.2 Å². The van der Waals surface area contributed by atoms with Gasteiger partial charge in [-0.05, 0) is 24.3 Å². The van der Waals surface area contributed by atoms with Crippen LogP contribution < -0.4 is 21.9 Å². The normalized spacial score (nSPS) is 26.2. The highest BCUT2D eigenvalue weighted by Gasteiger charge is 2.59. The SMILES string of the molecule is COc1ccccc1[C@@H]1CCC2CC[C@@H](c3ccccc3OC)[N+]21Cc1ccccc1.[Cl-]. The van der Waals surface area contributed by atoms with Crippen molar-refractivity contribution in [1.82, 2.24) is 0 Å².